The predicted octanol–water partition coefficient (Wildman–Crippen LogP) is 3.25. The Morgan fingerprint density at radius 2 is 2.28 bits per heavy atom. The van der Waals surface area contributed by atoms with Crippen molar-refractivity contribution < 1.29 is 0 Å². The van der Waals surface area contributed by atoms with Crippen molar-refractivity contribution in [1.29, 1.82) is 0 Å². The molecule has 0 bridgehead atoms. The lowest BCUT2D eigenvalue weighted by atomic mass is 10.2. The van der Waals surface area contributed by atoms with Crippen LogP contribution >= 0.6 is 11.6 Å². The number of hydrogen-bond acceptors (Lipinski definition) is 3. The van der Waals surface area contributed by atoms with Gasteiger partial charge in [-0.2, -0.15) is 0 Å². The first-order valence-corrected chi connectivity index (χ1v) is 6.63. The number of likely N-dealkylation sites (N-methyl/N-ethyl adjacent to an activating group) is 1. The maximum atomic E-state index is 6.26. The van der Waals surface area contributed by atoms with Crippen molar-refractivity contribution in [2.24, 2.45) is 0 Å². The second kappa shape index (κ2) is 7.39. The number of hydrogen-bond donors (Lipinski definition) is 1. The van der Waals surface area contributed by atoms with E-state index in [0.29, 0.717) is 5.02 Å². The van der Waals surface area contributed by atoms with Crippen LogP contribution in [0.3, 0.4) is 0 Å². The summed E-state index contributed by atoms with van der Waals surface area (Å²) in [5.74, 6) is 0.805. The zero-order chi connectivity index (χ0) is 13.5. The first-order valence-electron chi connectivity index (χ1n) is 6.25. The molecule has 0 fully saturated rings. The van der Waals surface area contributed by atoms with Crippen LogP contribution in [0, 0.1) is 0 Å². The van der Waals surface area contributed by atoms with Gasteiger partial charge in [-0.25, -0.2) is 4.98 Å². The Balaban J connectivity index is 2.69. The summed E-state index contributed by atoms with van der Waals surface area (Å²) in [5.41, 5.74) is 2.20. The third kappa shape index (κ3) is 4.67. The molecule has 3 nitrogen and oxygen atoms in total. The van der Waals surface area contributed by atoms with Crippen molar-refractivity contribution in [3.05, 3.63) is 35.0 Å². The molecular formula is C14H22ClN3. The third-order valence-corrected chi connectivity index (χ3v) is 2.78. The highest BCUT2D eigenvalue weighted by atomic mass is 35.5. The quantitative estimate of drug-likeness (QED) is 0.607. The summed E-state index contributed by atoms with van der Waals surface area (Å²) in [4.78, 5) is 6.43. The number of rotatable bonds is 7. The fourth-order valence-electron chi connectivity index (χ4n) is 1.74. The first kappa shape index (κ1) is 15.0. The molecule has 0 spiro atoms. The Morgan fingerprint density at radius 1 is 1.56 bits per heavy atom. The molecule has 0 unspecified atom stereocenters. The molecule has 100 valence electrons. The number of aromatic nitrogens is 1. The van der Waals surface area contributed by atoms with Crippen molar-refractivity contribution in [3.63, 3.8) is 0 Å². The zero-order valence-electron chi connectivity index (χ0n) is 11.5. The Labute approximate surface area is 115 Å². The van der Waals surface area contributed by atoms with Crippen LogP contribution in [0.15, 0.2) is 24.4 Å². The Bertz CT molecular complexity index is 404. The zero-order valence-corrected chi connectivity index (χ0v) is 12.2. The third-order valence-electron chi connectivity index (χ3n) is 2.50. The molecule has 18 heavy (non-hydrogen) atoms. The fourth-order valence-corrected chi connectivity index (χ4v) is 2.07. The highest BCUT2D eigenvalue weighted by molar-refractivity contribution is 6.33. The van der Waals surface area contributed by atoms with E-state index >= 15 is 0 Å². The lowest BCUT2D eigenvalue weighted by Gasteiger charge is -2.19. The monoisotopic (exact) mass is 267 g/mol. The van der Waals surface area contributed by atoms with E-state index in [1.165, 1.54) is 0 Å². The molecule has 1 aromatic heterocycles. The lowest BCUT2D eigenvalue weighted by molar-refractivity contribution is 0.674. The van der Waals surface area contributed by atoms with E-state index in [2.05, 4.69) is 23.8 Å². The van der Waals surface area contributed by atoms with Gasteiger partial charge in [0.15, 0.2) is 0 Å². The van der Waals surface area contributed by atoms with Gasteiger partial charge in [0.25, 0.3) is 0 Å². The fraction of sp³-hybridized carbons (Fsp3) is 0.500. The summed E-state index contributed by atoms with van der Waals surface area (Å²) in [6.07, 6.45) is 3.00. The largest absolute Gasteiger partial charge is 0.354 e. The topological polar surface area (TPSA) is 28.2 Å². The molecule has 0 amide bonds. The Kier molecular flexibility index (Phi) is 6.16. The van der Waals surface area contributed by atoms with Gasteiger partial charge < -0.3 is 10.2 Å². The molecule has 0 aliphatic rings. The highest BCUT2D eigenvalue weighted by Crippen LogP contribution is 2.23. The standard InChI is InChI=1S/C14H22ClN3/c1-5-6-16-8-12-7-13(15)14(17-9-12)18(4)10-11(2)3/h7,9,16H,2,5-6,8,10H2,1,3-4H3. The molecule has 1 aromatic rings. The van der Waals surface area contributed by atoms with E-state index in [-0.39, 0.29) is 0 Å². The first-order chi connectivity index (χ1) is 8.54. The Morgan fingerprint density at radius 3 is 2.83 bits per heavy atom. The minimum absolute atomic E-state index is 0.689. The molecule has 0 aliphatic heterocycles. The number of pyridine rings is 1. The van der Waals surface area contributed by atoms with Gasteiger partial charge in [-0.05, 0) is 31.5 Å². The minimum atomic E-state index is 0.689. The molecule has 0 saturated carbocycles. The van der Waals surface area contributed by atoms with Crippen molar-refractivity contribution in [1.82, 2.24) is 10.3 Å². The van der Waals surface area contributed by atoms with Gasteiger partial charge in [-0.15, -0.1) is 0 Å². The number of nitrogens with one attached hydrogen (secondary N) is 1. The van der Waals surface area contributed by atoms with Crippen LogP contribution in [0.1, 0.15) is 25.8 Å². The van der Waals surface area contributed by atoms with Crippen LogP contribution in [0.25, 0.3) is 0 Å². The summed E-state index contributed by atoms with van der Waals surface area (Å²) >= 11 is 6.26. The van der Waals surface area contributed by atoms with E-state index < -0.39 is 0 Å². The van der Waals surface area contributed by atoms with E-state index in [1.54, 1.807) is 0 Å². The summed E-state index contributed by atoms with van der Waals surface area (Å²) in [5, 5.41) is 4.02. The molecule has 1 heterocycles. The summed E-state index contributed by atoms with van der Waals surface area (Å²) < 4.78 is 0. The number of anilines is 1. The molecule has 4 heteroatoms. The van der Waals surface area contributed by atoms with Crippen LogP contribution < -0.4 is 10.2 Å². The molecule has 0 radical (unpaired) electrons. The Hall–Kier alpha value is -1.06. The van der Waals surface area contributed by atoms with Crippen LogP contribution in [0.2, 0.25) is 5.02 Å². The second-order valence-electron chi connectivity index (χ2n) is 4.64. The molecule has 0 aliphatic carbocycles. The molecule has 0 aromatic carbocycles. The van der Waals surface area contributed by atoms with Gasteiger partial charge in [0.05, 0.1) is 5.02 Å². The smallest absolute Gasteiger partial charge is 0.147 e. The van der Waals surface area contributed by atoms with Crippen LogP contribution in [-0.4, -0.2) is 25.1 Å². The van der Waals surface area contributed by atoms with Crippen molar-refractivity contribution in [2.45, 2.75) is 26.8 Å². The summed E-state index contributed by atoms with van der Waals surface area (Å²) in [6.45, 7) is 10.6. The second-order valence-corrected chi connectivity index (χ2v) is 5.05. The normalized spacial score (nSPS) is 10.4. The van der Waals surface area contributed by atoms with Gasteiger partial charge in [-0.3, -0.25) is 0 Å². The van der Waals surface area contributed by atoms with E-state index in [1.807, 2.05) is 31.1 Å². The maximum Gasteiger partial charge on any atom is 0.147 e. The van der Waals surface area contributed by atoms with E-state index in [0.717, 1.165) is 43.0 Å². The lowest BCUT2D eigenvalue weighted by Crippen LogP contribution is -2.21. The average molecular weight is 268 g/mol. The number of nitrogens with zero attached hydrogens (tertiary/aromatic N) is 2. The van der Waals surface area contributed by atoms with Crippen LogP contribution in [-0.2, 0) is 6.54 Å². The van der Waals surface area contributed by atoms with Crippen molar-refractivity contribution in [3.8, 4) is 0 Å². The molecule has 0 saturated heterocycles. The summed E-state index contributed by atoms with van der Waals surface area (Å²) in [7, 11) is 1.97. The molecule has 0 atom stereocenters. The summed E-state index contributed by atoms with van der Waals surface area (Å²) in [6, 6.07) is 1.97. The highest BCUT2D eigenvalue weighted by Gasteiger charge is 2.08. The average Bonchev–Trinajstić information content (AvgIpc) is 2.28. The molecular weight excluding hydrogens is 246 g/mol. The van der Waals surface area contributed by atoms with Gasteiger partial charge >= 0.3 is 0 Å². The van der Waals surface area contributed by atoms with E-state index in [4.69, 9.17) is 11.6 Å². The predicted molar refractivity (Wildman–Crippen MR) is 79.3 cm³/mol. The van der Waals surface area contributed by atoms with Crippen molar-refractivity contribution in [2.75, 3.05) is 25.0 Å². The van der Waals surface area contributed by atoms with Gasteiger partial charge in [0.1, 0.15) is 5.82 Å². The van der Waals surface area contributed by atoms with Gasteiger partial charge in [-0.1, -0.05) is 30.7 Å². The number of halogens is 1. The van der Waals surface area contributed by atoms with Crippen LogP contribution in [0.5, 0.6) is 0 Å². The SMILES string of the molecule is C=C(C)CN(C)c1ncc(CNCCC)cc1Cl. The van der Waals surface area contributed by atoms with E-state index in [9.17, 15) is 0 Å². The van der Waals surface area contributed by atoms with Gasteiger partial charge in [0, 0.05) is 26.3 Å². The van der Waals surface area contributed by atoms with Crippen molar-refractivity contribution >= 4 is 17.4 Å². The maximum absolute atomic E-state index is 6.26. The van der Waals surface area contributed by atoms with Crippen LogP contribution in [0.4, 0.5) is 5.82 Å². The van der Waals surface area contributed by atoms with Gasteiger partial charge in [0.2, 0.25) is 0 Å². The molecule has 1 N–H and O–H groups in total. The minimum Gasteiger partial charge on any atom is -0.354 e. The molecule has 1 rings (SSSR count).